The van der Waals surface area contributed by atoms with Gasteiger partial charge >= 0.3 is 0 Å². The van der Waals surface area contributed by atoms with E-state index in [-0.39, 0.29) is 11.6 Å². The zero-order valence-corrected chi connectivity index (χ0v) is 10.2. The highest BCUT2D eigenvalue weighted by molar-refractivity contribution is 6.03. The van der Waals surface area contributed by atoms with Crippen molar-refractivity contribution < 1.29 is 9.18 Å². The number of hydrogen-bond donors (Lipinski definition) is 2. The molecule has 1 aromatic carbocycles. The number of amides is 1. The van der Waals surface area contributed by atoms with Crippen LogP contribution in [0, 0.1) is 12.7 Å². The molecule has 2 rings (SSSR count). The van der Waals surface area contributed by atoms with E-state index in [0.29, 0.717) is 11.4 Å². The Balaban J connectivity index is 2.21. The molecule has 1 amide bonds. The molecule has 5 heteroatoms. The summed E-state index contributed by atoms with van der Waals surface area (Å²) >= 11 is 0. The average Bonchev–Trinajstić information content (AvgIpc) is 2.65. The fourth-order valence-electron chi connectivity index (χ4n) is 1.66. The summed E-state index contributed by atoms with van der Waals surface area (Å²) in [5.41, 5.74) is 7.44. The van der Waals surface area contributed by atoms with Gasteiger partial charge < -0.3 is 15.6 Å². The summed E-state index contributed by atoms with van der Waals surface area (Å²) < 4.78 is 14.8. The molecule has 0 aliphatic carbocycles. The molecule has 0 unspecified atom stereocenters. The SMILES string of the molecule is Cc1ccc(C(=O)Nc2ccc(F)c(N)c2)n1C. The lowest BCUT2D eigenvalue weighted by Gasteiger charge is -2.08. The van der Waals surface area contributed by atoms with E-state index >= 15 is 0 Å². The topological polar surface area (TPSA) is 60.1 Å². The van der Waals surface area contributed by atoms with Crippen LogP contribution in [0.5, 0.6) is 0 Å². The van der Waals surface area contributed by atoms with E-state index in [1.165, 1.54) is 18.2 Å². The first-order valence-corrected chi connectivity index (χ1v) is 5.47. The fourth-order valence-corrected chi connectivity index (χ4v) is 1.66. The van der Waals surface area contributed by atoms with E-state index in [1.54, 1.807) is 10.6 Å². The van der Waals surface area contributed by atoms with Gasteiger partial charge in [-0.1, -0.05) is 0 Å². The van der Waals surface area contributed by atoms with Crippen molar-refractivity contribution in [3.05, 3.63) is 47.5 Å². The minimum Gasteiger partial charge on any atom is -0.396 e. The van der Waals surface area contributed by atoms with Crippen LogP contribution in [0.15, 0.2) is 30.3 Å². The first kappa shape index (κ1) is 12.2. The predicted octanol–water partition coefficient (Wildman–Crippen LogP) is 2.31. The molecular formula is C13H14FN3O. The summed E-state index contributed by atoms with van der Waals surface area (Å²) in [6.07, 6.45) is 0. The molecule has 0 saturated carbocycles. The van der Waals surface area contributed by atoms with Crippen molar-refractivity contribution in [1.82, 2.24) is 4.57 Å². The molecule has 1 aromatic heterocycles. The summed E-state index contributed by atoms with van der Waals surface area (Å²) in [7, 11) is 1.81. The molecule has 0 spiro atoms. The van der Waals surface area contributed by atoms with E-state index in [1.807, 2.05) is 20.0 Å². The molecule has 0 aliphatic heterocycles. The molecule has 0 fully saturated rings. The van der Waals surface area contributed by atoms with E-state index in [0.717, 1.165) is 5.69 Å². The highest BCUT2D eigenvalue weighted by atomic mass is 19.1. The van der Waals surface area contributed by atoms with Crippen molar-refractivity contribution in [1.29, 1.82) is 0 Å². The minimum atomic E-state index is -0.497. The predicted molar refractivity (Wildman–Crippen MR) is 68.9 cm³/mol. The number of nitrogen functional groups attached to an aromatic ring is 1. The van der Waals surface area contributed by atoms with E-state index in [9.17, 15) is 9.18 Å². The molecule has 0 radical (unpaired) electrons. The average molecular weight is 247 g/mol. The monoisotopic (exact) mass is 247 g/mol. The summed E-state index contributed by atoms with van der Waals surface area (Å²) in [5.74, 6) is -0.751. The zero-order chi connectivity index (χ0) is 13.3. The number of rotatable bonds is 2. The van der Waals surface area contributed by atoms with E-state index in [4.69, 9.17) is 5.73 Å². The lowest BCUT2D eigenvalue weighted by molar-refractivity contribution is 0.101. The fraction of sp³-hybridized carbons (Fsp3) is 0.154. The van der Waals surface area contributed by atoms with Crippen molar-refractivity contribution in [3.8, 4) is 0 Å². The number of hydrogen-bond acceptors (Lipinski definition) is 2. The molecule has 2 aromatic rings. The molecule has 0 saturated heterocycles. The molecule has 0 bridgehead atoms. The number of anilines is 2. The second-order valence-corrected chi connectivity index (χ2v) is 4.11. The van der Waals surface area contributed by atoms with Crippen LogP contribution in [-0.2, 0) is 7.05 Å². The number of nitrogens with two attached hydrogens (primary N) is 1. The van der Waals surface area contributed by atoms with Crippen LogP contribution < -0.4 is 11.1 Å². The van der Waals surface area contributed by atoms with Gasteiger partial charge in [0.25, 0.3) is 5.91 Å². The Morgan fingerprint density at radius 2 is 2.06 bits per heavy atom. The van der Waals surface area contributed by atoms with Gasteiger partial charge in [0.2, 0.25) is 0 Å². The van der Waals surface area contributed by atoms with Gasteiger partial charge in [-0.25, -0.2) is 4.39 Å². The number of aryl methyl sites for hydroxylation is 1. The summed E-state index contributed by atoms with van der Waals surface area (Å²) in [5, 5.41) is 2.67. The maximum atomic E-state index is 13.0. The molecule has 94 valence electrons. The molecule has 18 heavy (non-hydrogen) atoms. The lowest BCUT2D eigenvalue weighted by atomic mass is 10.2. The second-order valence-electron chi connectivity index (χ2n) is 4.11. The summed E-state index contributed by atoms with van der Waals surface area (Å²) in [6, 6.07) is 7.68. The highest BCUT2D eigenvalue weighted by Crippen LogP contribution is 2.17. The molecule has 1 heterocycles. The van der Waals surface area contributed by atoms with Gasteiger partial charge in [0.05, 0.1) is 5.69 Å². The standard InChI is InChI=1S/C13H14FN3O/c1-8-3-6-12(17(8)2)13(18)16-9-4-5-10(14)11(15)7-9/h3-7H,15H2,1-2H3,(H,16,18). The van der Waals surface area contributed by atoms with Gasteiger partial charge in [0.15, 0.2) is 0 Å². The van der Waals surface area contributed by atoms with Crippen molar-refractivity contribution in [2.24, 2.45) is 7.05 Å². The van der Waals surface area contributed by atoms with Crippen LogP contribution in [0.3, 0.4) is 0 Å². The second kappa shape index (κ2) is 4.52. The Kier molecular flexibility index (Phi) is 3.06. The van der Waals surface area contributed by atoms with Crippen molar-refractivity contribution in [2.45, 2.75) is 6.92 Å². The van der Waals surface area contributed by atoms with Crippen molar-refractivity contribution in [3.63, 3.8) is 0 Å². The number of nitrogens with one attached hydrogen (secondary N) is 1. The first-order chi connectivity index (χ1) is 8.49. The third-order valence-electron chi connectivity index (χ3n) is 2.86. The molecule has 0 aliphatic rings. The summed E-state index contributed by atoms with van der Waals surface area (Å²) in [4.78, 5) is 12.0. The smallest absolute Gasteiger partial charge is 0.272 e. The van der Waals surface area contributed by atoms with Crippen LogP contribution >= 0.6 is 0 Å². The molecule has 0 atom stereocenters. The summed E-state index contributed by atoms with van der Waals surface area (Å²) in [6.45, 7) is 1.91. The number of aromatic nitrogens is 1. The largest absolute Gasteiger partial charge is 0.396 e. The molecular weight excluding hydrogens is 233 g/mol. The molecule has 4 nitrogen and oxygen atoms in total. The molecule has 3 N–H and O–H groups in total. The van der Waals surface area contributed by atoms with Crippen LogP contribution in [-0.4, -0.2) is 10.5 Å². The number of nitrogens with zero attached hydrogens (tertiary/aromatic N) is 1. The highest BCUT2D eigenvalue weighted by Gasteiger charge is 2.11. The Hall–Kier alpha value is -2.30. The maximum absolute atomic E-state index is 13.0. The van der Waals surface area contributed by atoms with Crippen molar-refractivity contribution in [2.75, 3.05) is 11.1 Å². The Bertz CT molecular complexity index is 604. The van der Waals surface area contributed by atoms with Gasteiger partial charge in [-0.05, 0) is 37.3 Å². The number of carbonyl (C=O) groups is 1. The zero-order valence-electron chi connectivity index (χ0n) is 10.2. The number of benzene rings is 1. The van der Waals surface area contributed by atoms with Gasteiger partial charge in [-0.2, -0.15) is 0 Å². The van der Waals surface area contributed by atoms with E-state index in [2.05, 4.69) is 5.32 Å². The van der Waals surface area contributed by atoms with Gasteiger partial charge in [0.1, 0.15) is 11.5 Å². The minimum absolute atomic E-state index is 0.0101. The third kappa shape index (κ3) is 2.20. The maximum Gasteiger partial charge on any atom is 0.272 e. The van der Waals surface area contributed by atoms with Gasteiger partial charge in [-0.3, -0.25) is 4.79 Å². The Labute approximate surface area is 104 Å². The van der Waals surface area contributed by atoms with Gasteiger partial charge in [0, 0.05) is 18.4 Å². The van der Waals surface area contributed by atoms with Crippen LogP contribution in [0.4, 0.5) is 15.8 Å². The van der Waals surface area contributed by atoms with Crippen LogP contribution in [0.25, 0.3) is 0 Å². The normalized spacial score (nSPS) is 10.4. The number of carbonyl (C=O) groups excluding carboxylic acids is 1. The van der Waals surface area contributed by atoms with Crippen LogP contribution in [0.1, 0.15) is 16.2 Å². The quantitative estimate of drug-likeness (QED) is 0.800. The van der Waals surface area contributed by atoms with E-state index < -0.39 is 5.82 Å². The van der Waals surface area contributed by atoms with Crippen molar-refractivity contribution >= 4 is 17.3 Å². The van der Waals surface area contributed by atoms with Crippen LogP contribution in [0.2, 0.25) is 0 Å². The Morgan fingerprint density at radius 3 is 2.61 bits per heavy atom. The Morgan fingerprint density at radius 1 is 1.33 bits per heavy atom. The van der Waals surface area contributed by atoms with Gasteiger partial charge in [-0.15, -0.1) is 0 Å². The number of halogens is 1. The lowest BCUT2D eigenvalue weighted by Crippen LogP contribution is -2.16. The first-order valence-electron chi connectivity index (χ1n) is 5.47. The third-order valence-corrected chi connectivity index (χ3v) is 2.86.